The van der Waals surface area contributed by atoms with Crippen molar-refractivity contribution in [2.75, 3.05) is 6.61 Å². The summed E-state index contributed by atoms with van der Waals surface area (Å²) in [7, 11) is 0. The molecular formula is C18H23FN2O2. The van der Waals surface area contributed by atoms with Crippen LogP contribution in [-0.2, 0) is 11.2 Å². The van der Waals surface area contributed by atoms with E-state index >= 15 is 0 Å². The Balaban J connectivity index is 1.41. The molecule has 0 unspecified atom stereocenters. The van der Waals surface area contributed by atoms with Gasteiger partial charge in [0.05, 0.1) is 12.1 Å². The van der Waals surface area contributed by atoms with Crippen LogP contribution >= 0.6 is 0 Å². The minimum absolute atomic E-state index is 0.0296. The minimum Gasteiger partial charge on any atom is -0.377 e. The first kappa shape index (κ1) is 14.9. The molecule has 0 spiro atoms. The number of hydrogen-bond acceptors (Lipinski definition) is 2. The standard InChI is InChI=1S/C18H23FN2O2/c1-18(2)15(12-7-8-23-16(12)18)21-17(22)20-14-6-4-10-3-5-11(19)9-13(10)14/h3,5,9,12,14-16H,4,6-8H2,1-2H3,(H2,20,21,22)/t12-,14+,15-,16-/m0/s1. The Morgan fingerprint density at radius 3 is 2.96 bits per heavy atom. The highest BCUT2D eigenvalue weighted by molar-refractivity contribution is 5.75. The molecule has 0 bridgehead atoms. The summed E-state index contributed by atoms with van der Waals surface area (Å²) >= 11 is 0. The molecule has 1 saturated carbocycles. The van der Waals surface area contributed by atoms with Crippen molar-refractivity contribution in [3.63, 3.8) is 0 Å². The van der Waals surface area contributed by atoms with Crippen molar-refractivity contribution in [1.82, 2.24) is 10.6 Å². The number of urea groups is 1. The molecule has 4 atom stereocenters. The van der Waals surface area contributed by atoms with E-state index in [9.17, 15) is 9.18 Å². The Morgan fingerprint density at radius 2 is 2.13 bits per heavy atom. The molecule has 2 amide bonds. The molecule has 1 aromatic rings. The largest absolute Gasteiger partial charge is 0.377 e. The van der Waals surface area contributed by atoms with Crippen molar-refractivity contribution in [2.45, 2.75) is 51.3 Å². The highest BCUT2D eigenvalue weighted by Crippen LogP contribution is 2.52. The lowest BCUT2D eigenvalue weighted by Crippen LogP contribution is -2.67. The second kappa shape index (κ2) is 5.20. The summed E-state index contributed by atoms with van der Waals surface area (Å²) < 4.78 is 19.2. The van der Waals surface area contributed by atoms with Crippen LogP contribution < -0.4 is 10.6 Å². The molecule has 2 N–H and O–H groups in total. The fourth-order valence-electron chi connectivity index (χ4n) is 4.68. The third-order valence-electron chi connectivity index (χ3n) is 5.88. The topological polar surface area (TPSA) is 50.4 Å². The molecular weight excluding hydrogens is 295 g/mol. The second-order valence-electron chi connectivity index (χ2n) is 7.60. The number of benzene rings is 1. The van der Waals surface area contributed by atoms with Gasteiger partial charge in [-0.1, -0.05) is 19.9 Å². The number of amides is 2. The minimum atomic E-state index is -0.246. The van der Waals surface area contributed by atoms with Gasteiger partial charge in [0.15, 0.2) is 0 Å². The molecule has 1 aromatic carbocycles. The van der Waals surface area contributed by atoms with E-state index in [-0.39, 0.29) is 35.5 Å². The van der Waals surface area contributed by atoms with E-state index in [2.05, 4.69) is 24.5 Å². The summed E-state index contributed by atoms with van der Waals surface area (Å²) in [6.45, 7) is 5.07. The van der Waals surface area contributed by atoms with Crippen LogP contribution in [0.5, 0.6) is 0 Å². The summed E-state index contributed by atoms with van der Waals surface area (Å²) in [5.41, 5.74) is 2.01. The molecule has 23 heavy (non-hydrogen) atoms. The van der Waals surface area contributed by atoms with Crippen molar-refractivity contribution in [3.8, 4) is 0 Å². The van der Waals surface area contributed by atoms with Crippen molar-refractivity contribution in [1.29, 1.82) is 0 Å². The highest BCUT2D eigenvalue weighted by Gasteiger charge is 2.59. The molecule has 4 rings (SSSR count). The van der Waals surface area contributed by atoms with E-state index in [1.807, 2.05) is 6.07 Å². The van der Waals surface area contributed by atoms with Crippen LogP contribution in [0.1, 0.15) is 43.9 Å². The van der Waals surface area contributed by atoms with Gasteiger partial charge < -0.3 is 15.4 Å². The van der Waals surface area contributed by atoms with Crippen molar-refractivity contribution >= 4 is 6.03 Å². The molecule has 4 nitrogen and oxygen atoms in total. The zero-order chi connectivity index (χ0) is 16.2. The normalized spacial score (nSPS) is 33.5. The molecule has 2 aliphatic carbocycles. The van der Waals surface area contributed by atoms with Gasteiger partial charge in [0.2, 0.25) is 0 Å². The van der Waals surface area contributed by atoms with E-state index < -0.39 is 0 Å². The molecule has 124 valence electrons. The van der Waals surface area contributed by atoms with Crippen molar-refractivity contribution in [2.24, 2.45) is 11.3 Å². The van der Waals surface area contributed by atoms with E-state index in [1.165, 1.54) is 6.07 Å². The lowest BCUT2D eigenvalue weighted by atomic mass is 9.57. The van der Waals surface area contributed by atoms with Gasteiger partial charge in [-0.15, -0.1) is 0 Å². The first-order valence-electron chi connectivity index (χ1n) is 8.44. The lowest BCUT2D eigenvalue weighted by Gasteiger charge is -2.54. The van der Waals surface area contributed by atoms with Crippen LogP contribution in [0, 0.1) is 17.2 Å². The van der Waals surface area contributed by atoms with Gasteiger partial charge in [-0.25, -0.2) is 9.18 Å². The van der Waals surface area contributed by atoms with E-state index in [0.717, 1.165) is 37.0 Å². The van der Waals surface area contributed by atoms with E-state index in [1.54, 1.807) is 6.07 Å². The number of rotatable bonds is 2. The average Bonchev–Trinajstić information content (AvgIpc) is 3.11. The van der Waals surface area contributed by atoms with Crippen LogP contribution in [0.2, 0.25) is 0 Å². The molecule has 1 heterocycles. The maximum Gasteiger partial charge on any atom is 0.315 e. The molecule has 5 heteroatoms. The van der Waals surface area contributed by atoms with Gasteiger partial charge in [-0.05, 0) is 42.5 Å². The van der Waals surface area contributed by atoms with E-state index in [4.69, 9.17) is 4.74 Å². The summed E-state index contributed by atoms with van der Waals surface area (Å²) in [5.74, 6) is 0.174. The highest BCUT2D eigenvalue weighted by atomic mass is 19.1. The maximum atomic E-state index is 13.5. The predicted molar refractivity (Wildman–Crippen MR) is 84.5 cm³/mol. The fourth-order valence-corrected chi connectivity index (χ4v) is 4.68. The number of aryl methyl sites for hydroxylation is 1. The number of fused-ring (bicyclic) bond motifs is 2. The molecule has 0 aromatic heterocycles. The van der Waals surface area contributed by atoms with Crippen LogP contribution in [-0.4, -0.2) is 24.8 Å². The van der Waals surface area contributed by atoms with Crippen LogP contribution in [0.3, 0.4) is 0 Å². The third kappa shape index (κ3) is 2.33. The number of ether oxygens (including phenoxy) is 1. The van der Waals surface area contributed by atoms with Gasteiger partial charge in [-0.3, -0.25) is 0 Å². The quantitative estimate of drug-likeness (QED) is 0.881. The van der Waals surface area contributed by atoms with Gasteiger partial charge in [0.25, 0.3) is 0 Å². The summed E-state index contributed by atoms with van der Waals surface area (Å²) in [6.07, 6.45) is 2.98. The number of halogens is 1. The number of carbonyl (C=O) groups is 1. The predicted octanol–water partition coefficient (Wildman–Crippen LogP) is 2.93. The number of nitrogens with one attached hydrogen (secondary N) is 2. The Hall–Kier alpha value is -1.62. The van der Waals surface area contributed by atoms with Crippen LogP contribution in [0.15, 0.2) is 18.2 Å². The fraction of sp³-hybridized carbons (Fsp3) is 0.611. The van der Waals surface area contributed by atoms with Gasteiger partial charge in [0, 0.05) is 24.0 Å². The average molecular weight is 318 g/mol. The zero-order valence-corrected chi connectivity index (χ0v) is 13.6. The SMILES string of the molecule is CC1(C)[C@@H](NC(=O)N[C@@H]2CCc3ccc(F)cc32)[C@@H]2CCO[C@@H]21. The van der Waals surface area contributed by atoms with Gasteiger partial charge in [0.1, 0.15) is 5.82 Å². The van der Waals surface area contributed by atoms with Gasteiger partial charge >= 0.3 is 6.03 Å². The molecule has 1 aliphatic heterocycles. The van der Waals surface area contributed by atoms with Crippen molar-refractivity contribution < 1.29 is 13.9 Å². The van der Waals surface area contributed by atoms with Crippen LogP contribution in [0.4, 0.5) is 9.18 Å². The Bertz CT molecular complexity index is 646. The number of carbonyl (C=O) groups excluding carboxylic acids is 1. The summed E-state index contributed by atoms with van der Waals surface area (Å²) in [6, 6.07) is 4.73. The van der Waals surface area contributed by atoms with Gasteiger partial charge in [-0.2, -0.15) is 0 Å². The molecule has 3 aliphatic rings. The summed E-state index contributed by atoms with van der Waals surface area (Å²) in [5, 5.41) is 6.15. The second-order valence-corrected chi connectivity index (χ2v) is 7.60. The Labute approximate surface area is 135 Å². The smallest absolute Gasteiger partial charge is 0.315 e. The first-order valence-corrected chi connectivity index (χ1v) is 8.44. The summed E-state index contributed by atoms with van der Waals surface area (Å²) in [4.78, 5) is 12.4. The third-order valence-corrected chi connectivity index (χ3v) is 5.88. The number of hydrogen-bond donors (Lipinski definition) is 2. The van der Waals surface area contributed by atoms with Crippen LogP contribution in [0.25, 0.3) is 0 Å². The molecule has 1 saturated heterocycles. The maximum absolute atomic E-state index is 13.5. The van der Waals surface area contributed by atoms with E-state index in [0.29, 0.717) is 5.92 Å². The lowest BCUT2D eigenvalue weighted by molar-refractivity contribution is -0.108. The Kier molecular flexibility index (Phi) is 3.38. The molecule has 2 fully saturated rings. The molecule has 0 radical (unpaired) electrons. The van der Waals surface area contributed by atoms with Crippen molar-refractivity contribution in [3.05, 3.63) is 35.1 Å². The monoisotopic (exact) mass is 318 g/mol. The zero-order valence-electron chi connectivity index (χ0n) is 13.6. The first-order chi connectivity index (χ1) is 11.0. The Morgan fingerprint density at radius 1 is 1.30 bits per heavy atom.